The summed E-state index contributed by atoms with van der Waals surface area (Å²) in [6, 6.07) is 13.9. The van der Waals surface area contributed by atoms with Gasteiger partial charge in [-0.1, -0.05) is 34.1 Å². The van der Waals surface area contributed by atoms with Gasteiger partial charge < -0.3 is 9.47 Å². The summed E-state index contributed by atoms with van der Waals surface area (Å²) in [7, 11) is 0. The van der Waals surface area contributed by atoms with Gasteiger partial charge in [0.2, 0.25) is 11.6 Å². The predicted molar refractivity (Wildman–Crippen MR) is 112 cm³/mol. The van der Waals surface area contributed by atoms with Gasteiger partial charge >= 0.3 is 0 Å². The number of hydrogen-bond acceptors (Lipinski definition) is 5. The summed E-state index contributed by atoms with van der Waals surface area (Å²) >= 11 is 5.08. The first-order chi connectivity index (χ1) is 13.2. The summed E-state index contributed by atoms with van der Waals surface area (Å²) in [5.41, 5.74) is 2.96. The molecule has 2 aromatic carbocycles. The van der Waals surface area contributed by atoms with Gasteiger partial charge in [-0.15, -0.1) is 17.9 Å². The van der Waals surface area contributed by atoms with Crippen molar-refractivity contribution in [2.24, 2.45) is 10.1 Å². The van der Waals surface area contributed by atoms with E-state index in [1.54, 1.807) is 23.6 Å². The molecular weight excluding hydrogens is 426 g/mol. The first-order valence-corrected chi connectivity index (χ1v) is 9.94. The third-order valence-corrected chi connectivity index (χ3v) is 5.23. The van der Waals surface area contributed by atoms with Gasteiger partial charge in [-0.05, 0) is 35.9 Å². The molecule has 0 N–H and O–H groups in total. The van der Waals surface area contributed by atoms with E-state index in [9.17, 15) is 0 Å². The molecule has 0 saturated heterocycles. The second-order valence-corrected chi connectivity index (χ2v) is 7.46. The number of rotatable bonds is 5. The SMILES string of the molecule is C=CCN=c1scc(-c2cccc(Br)c2)n1N=Cc1ccc2c(c1)OCO2. The molecule has 0 amide bonds. The standard InChI is InChI=1S/C20H16BrN3O2S/c1-2-8-22-20-24(17(12-27-20)15-4-3-5-16(21)10-15)23-11-14-6-7-18-19(9-14)26-13-25-18/h2-7,9-12H,1,8,13H2. The lowest BCUT2D eigenvalue weighted by Gasteiger charge is -2.04. The molecule has 0 spiro atoms. The van der Waals surface area contributed by atoms with Crippen LogP contribution < -0.4 is 14.3 Å². The minimum absolute atomic E-state index is 0.257. The Labute approximate surface area is 169 Å². The Morgan fingerprint density at radius 2 is 2.07 bits per heavy atom. The highest BCUT2D eigenvalue weighted by Crippen LogP contribution is 2.32. The van der Waals surface area contributed by atoms with E-state index in [1.165, 1.54) is 0 Å². The molecule has 2 heterocycles. The van der Waals surface area contributed by atoms with Gasteiger partial charge in [0.1, 0.15) is 0 Å². The smallest absolute Gasteiger partial charge is 0.231 e. The highest BCUT2D eigenvalue weighted by Gasteiger charge is 2.13. The summed E-state index contributed by atoms with van der Waals surface area (Å²) in [5.74, 6) is 1.49. The van der Waals surface area contributed by atoms with Gasteiger partial charge in [0.05, 0.1) is 18.5 Å². The van der Waals surface area contributed by atoms with Crippen LogP contribution in [0.15, 0.2) is 75.1 Å². The number of aromatic nitrogens is 1. The van der Waals surface area contributed by atoms with E-state index in [1.807, 2.05) is 35.0 Å². The molecule has 27 heavy (non-hydrogen) atoms. The van der Waals surface area contributed by atoms with Crippen molar-refractivity contribution in [1.29, 1.82) is 0 Å². The van der Waals surface area contributed by atoms with Crippen LogP contribution in [0.4, 0.5) is 0 Å². The average Bonchev–Trinajstić information content (AvgIpc) is 3.30. The molecule has 0 saturated carbocycles. The van der Waals surface area contributed by atoms with Crippen LogP contribution in [0.1, 0.15) is 5.56 Å². The van der Waals surface area contributed by atoms with Crippen LogP contribution in [0.25, 0.3) is 11.3 Å². The molecule has 0 atom stereocenters. The maximum absolute atomic E-state index is 5.44. The monoisotopic (exact) mass is 441 g/mol. The summed E-state index contributed by atoms with van der Waals surface area (Å²) in [4.78, 5) is 5.36. The lowest BCUT2D eigenvalue weighted by Crippen LogP contribution is -2.12. The molecule has 4 rings (SSSR count). The van der Waals surface area contributed by atoms with Crippen molar-refractivity contribution >= 4 is 33.5 Å². The fourth-order valence-corrected chi connectivity index (χ4v) is 3.87. The first-order valence-electron chi connectivity index (χ1n) is 8.26. The van der Waals surface area contributed by atoms with Crippen LogP contribution in [-0.2, 0) is 0 Å². The Morgan fingerprint density at radius 3 is 2.93 bits per heavy atom. The van der Waals surface area contributed by atoms with E-state index in [4.69, 9.17) is 9.47 Å². The first kappa shape index (κ1) is 17.8. The minimum Gasteiger partial charge on any atom is -0.454 e. The molecule has 0 radical (unpaired) electrons. The highest BCUT2D eigenvalue weighted by atomic mass is 79.9. The molecule has 1 aliphatic heterocycles. The van der Waals surface area contributed by atoms with Crippen molar-refractivity contribution in [3.63, 3.8) is 0 Å². The summed E-state index contributed by atoms with van der Waals surface area (Å²) in [6.07, 6.45) is 3.56. The molecule has 5 nitrogen and oxygen atoms in total. The predicted octanol–water partition coefficient (Wildman–Crippen LogP) is 4.68. The Balaban J connectivity index is 1.75. The van der Waals surface area contributed by atoms with Crippen LogP contribution in [0.2, 0.25) is 0 Å². The van der Waals surface area contributed by atoms with E-state index in [-0.39, 0.29) is 6.79 Å². The molecule has 7 heteroatoms. The number of nitrogens with zero attached hydrogens (tertiary/aromatic N) is 3. The fraction of sp³-hybridized carbons (Fsp3) is 0.100. The van der Waals surface area contributed by atoms with Crippen molar-refractivity contribution in [3.8, 4) is 22.8 Å². The van der Waals surface area contributed by atoms with Gasteiger partial charge in [0.15, 0.2) is 11.5 Å². The second kappa shape index (κ2) is 7.94. The van der Waals surface area contributed by atoms with Crippen LogP contribution in [0.5, 0.6) is 11.5 Å². The number of halogens is 1. The molecule has 0 fully saturated rings. The zero-order valence-electron chi connectivity index (χ0n) is 14.3. The zero-order chi connectivity index (χ0) is 18.6. The summed E-state index contributed by atoms with van der Waals surface area (Å²) in [6.45, 7) is 4.54. The van der Waals surface area contributed by atoms with Gasteiger partial charge in [-0.2, -0.15) is 5.10 Å². The molecule has 1 aliphatic rings. The Bertz CT molecular complexity index is 1080. The lowest BCUT2D eigenvalue weighted by molar-refractivity contribution is 0.174. The second-order valence-electron chi connectivity index (χ2n) is 5.71. The van der Waals surface area contributed by atoms with Crippen LogP contribution in [0.3, 0.4) is 0 Å². The van der Waals surface area contributed by atoms with E-state index >= 15 is 0 Å². The lowest BCUT2D eigenvalue weighted by atomic mass is 10.2. The highest BCUT2D eigenvalue weighted by molar-refractivity contribution is 9.10. The van der Waals surface area contributed by atoms with Gasteiger partial charge in [-0.25, -0.2) is 4.68 Å². The van der Waals surface area contributed by atoms with Crippen LogP contribution in [-0.4, -0.2) is 24.2 Å². The normalized spacial score (nSPS) is 13.4. The molecule has 1 aromatic heterocycles. The number of ether oxygens (including phenoxy) is 2. The van der Waals surface area contributed by atoms with Crippen molar-refractivity contribution in [2.45, 2.75) is 0 Å². The van der Waals surface area contributed by atoms with Crippen molar-refractivity contribution < 1.29 is 9.47 Å². The van der Waals surface area contributed by atoms with E-state index < -0.39 is 0 Å². The Morgan fingerprint density at radius 1 is 1.19 bits per heavy atom. The number of thiazole rings is 1. The van der Waals surface area contributed by atoms with E-state index in [0.717, 1.165) is 37.6 Å². The van der Waals surface area contributed by atoms with Gasteiger partial charge in [0.25, 0.3) is 0 Å². The number of fused-ring (bicyclic) bond motifs is 1. The number of hydrogen-bond donors (Lipinski definition) is 0. The molecule has 0 aliphatic carbocycles. The Hall–Kier alpha value is -2.64. The third kappa shape index (κ3) is 3.89. The topological polar surface area (TPSA) is 48.1 Å². The summed E-state index contributed by atoms with van der Waals surface area (Å²) < 4.78 is 13.7. The van der Waals surface area contributed by atoms with E-state index in [2.05, 4.69) is 50.1 Å². The van der Waals surface area contributed by atoms with Crippen molar-refractivity contribution in [2.75, 3.05) is 13.3 Å². The molecular formula is C20H16BrN3O2S. The number of benzene rings is 2. The van der Waals surface area contributed by atoms with Gasteiger partial charge in [-0.3, -0.25) is 4.99 Å². The third-order valence-electron chi connectivity index (χ3n) is 3.88. The maximum atomic E-state index is 5.44. The Kier molecular flexibility index (Phi) is 5.22. The molecule has 0 unspecified atom stereocenters. The largest absolute Gasteiger partial charge is 0.454 e. The van der Waals surface area contributed by atoms with Crippen molar-refractivity contribution in [3.05, 3.63) is 75.3 Å². The van der Waals surface area contributed by atoms with Crippen molar-refractivity contribution in [1.82, 2.24) is 4.68 Å². The quantitative estimate of drug-likeness (QED) is 0.426. The molecule has 3 aromatic rings. The van der Waals surface area contributed by atoms with Crippen LogP contribution in [0, 0.1) is 0 Å². The van der Waals surface area contributed by atoms with E-state index in [0.29, 0.717) is 6.54 Å². The zero-order valence-corrected chi connectivity index (χ0v) is 16.7. The maximum Gasteiger partial charge on any atom is 0.231 e. The van der Waals surface area contributed by atoms with Crippen LogP contribution >= 0.6 is 27.3 Å². The average molecular weight is 442 g/mol. The van der Waals surface area contributed by atoms with Gasteiger partial charge in [0, 0.05) is 15.4 Å². The molecule has 136 valence electrons. The fourth-order valence-electron chi connectivity index (χ4n) is 2.63. The minimum atomic E-state index is 0.257. The summed E-state index contributed by atoms with van der Waals surface area (Å²) in [5, 5.41) is 6.74. The molecule has 0 bridgehead atoms.